The van der Waals surface area contributed by atoms with Gasteiger partial charge in [-0.2, -0.15) is 0 Å². The standard InChI is InChI=1S/C9H17NO2/c11-8-5-10(6-9(8)12)4-3-7-1-2-7/h7-9,11-12H,1-6H2. The Morgan fingerprint density at radius 2 is 1.67 bits per heavy atom. The van der Waals surface area contributed by atoms with Crippen LogP contribution in [0.3, 0.4) is 0 Å². The van der Waals surface area contributed by atoms with Crippen LogP contribution in [0.1, 0.15) is 19.3 Å². The van der Waals surface area contributed by atoms with Gasteiger partial charge in [-0.05, 0) is 18.9 Å². The molecule has 3 nitrogen and oxygen atoms in total. The second-order valence-electron chi connectivity index (χ2n) is 4.13. The summed E-state index contributed by atoms with van der Waals surface area (Å²) in [5, 5.41) is 18.5. The zero-order chi connectivity index (χ0) is 8.55. The minimum absolute atomic E-state index is 0.510. The van der Waals surface area contributed by atoms with E-state index >= 15 is 0 Å². The molecule has 2 fully saturated rings. The van der Waals surface area contributed by atoms with Crippen molar-refractivity contribution >= 4 is 0 Å². The highest BCUT2D eigenvalue weighted by Crippen LogP contribution is 2.32. The van der Waals surface area contributed by atoms with Crippen LogP contribution in [0.4, 0.5) is 0 Å². The molecular formula is C9H17NO2. The van der Waals surface area contributed by atoms with Crippen molar-refractivity contribution in [2.24, 2.45) is 5.92 Å². The molecule has 2 rings (SSSR count). The van der Waals surface area contributed by atoms with E-state index in [1.54, 1.807) is 0 Å². The quantitative estimate of drug-likeness (QED) is 0.619. The number of hydrogen-bond donors (Lipinski definition) is 2. The minimum atomic E-state index is -0.510. The van der Waals surface area contributed by atoms with Gasteiger partial charge in [0.1, 0.15) is 0 Å². The van der Waals surface area contributed by atoms with Crippen molar-refractivity contribution in [3.8, 4) is 0 Å². The highest BCUT2D eigenvalue weighted by atomic mass is 16.3. The van der Waals surface area contributed by atoms with Crippen LogP contribution < -0.4 is 0 Å². The Bertz CT molecular complexity index is 149. The van der Waals surface area contributed by atoms with E-state index in [9.17, 15) is 10.2 Å². The summed E-state index contributed by atoms with van der Waals surface area (Å²) in [4.78, 5) is 2.16. The van der Waals surface area contributed by atoms with Crippen LogP contribution in [-0.2, 0) is 0 Å². The number of aliphatic hydroxyl groups is 2. The van der Waals surface area contributed by atoms with Crippen molar-refractivity contribution in [3.63, 3.8) is 0 Å². The Morgan fingerprint density at radius 3 is 2.17 bits per heavy atom. The first-order valence-corrected chi connectivity index (χ1v) is 4.84. The van der Waals surface area contributed by atoms with Gasteiger partial charge in [0.05, 0.1) is 12.2 Å². The average molecular weight is 171 g/mol. The Morgan fingerprint density at radius 1 is 1.08 bits per heavy atom. The maximum absolute atomic E-state index is 9.26. The van der Waals surface area contributed by atoms with Crippen LogP contribution >= 0.6 is 0 Å². The molecule has 2 unspecified atom stereocenters. The number of rotatable bonds is 3. The van der Waals surface area contributed by atoms with Crippen LogP contribution in [0.25, 0.3) is 0 Å². The molecular weight excluding hydrogens is 154 g/mol. The van der Waals surface area contributed by atoms with Crippen molar-refractivity contribution in [2.75, 3.05) is 19.6 Å². The van der Waals surface area contributed by atoms with Gasteiger partial charge >= 0.3 is 0 Å². The molecule has 0 bridgehead atoms. The van der Waals surface area contributed by atoms with E-state index < -0.39 is 12.2 Å². The highest BCUT2D eigenvalue weighted by molar-refractivity contribution is 4.84. The minimum Gasteiger partial charge on any atom is -0.389 e. The zero-order valence-electron chi connectivity index (χ0n) is 7.32. The summed E-state index contributed by atoms with van der Waals surface area (Å²) in [6, 6.07) is 0. The van der Waals surface area contributed by atoms with Gasteiger partial charge in [0.25, 0.3) is 0 Å². The lowest BCUT2D eigenvalue weighted by Crippen LogP contribution is -2.23. The SMILES string of the molecule is OC1CN(CCC2CC2)CC1O. The molecule has 1 saturated heterocycles. The van der Waals surface area contributed by atoms with Gasteiger partial charge in [0.15, 0.2) is 0 Å². The third-order valence-corrected chi connectivity index (χ3v) is 2.89. The molecule has 12 heavy (non-hydrogen) atoms. The largest absolute Gasteiger partial charge is 0.389 e. The lowest BCUT2D eigenvalue weighted by Gasteiger charge is -2.13. The highest BCUT2D eigenvalue weighted by Gasteiger charge is 2.30. The monoisotopic (exact) mass is 171 g/mol. The molecule has 3 heteroatoms. The summed E-state index contributed by atoms with van der Waals surface area (Å²) in [5.41, 5.74) is 0. The predicted octanol–water partition coefficient (Wildman–Crippen LogP) is -0.176. The van der Waals surface area contributed by atoms with Crippen molar-refractivity contribution in [3.05, 3.63) is 0 Å². The number of β-amino-alcohol motifs (C(OH)–C–C–N with tert-alkyl or cyclic N) is 2. The first-order chi connectivity index (χ1) is 5.75. The summed E-state index contributed by atoms with van der Waals surface area (Å²) in [5.74, 6) is 0.944. The van der Waals surface area contributed by atoms with Crippen molar-refractivity contribution < 1.29 is 10.2 Å². The third-order valence-electron chi connectivity index (χ3n) is 2.89. The number of aliphatic hydroxyl groups excluding tert-OH is 2. The lowest BCUT2D eigenvalue weighted by molar-refractivity contribution is 0.0572. The van der Waals surface area contributed by atoms with E-state index in [4.69, 9.17) is 0 Å². The van der Waals surface area contributed by atoms with E-state index in [2.05, 4.69) is 4.90 Å². The molecule has 1 saturated carbocycles. The van der Waals surface area contributed by atoms with E-state index in [1.807, 2.05) is 0 Å². The molecule has 70 valence electrons. The third kappa shape index (κ3) is 1.97. The van der Waals surface area contributed by atoms with Gasteiger partial charge in [-0.15, -0.1) is 0 Å². The first-order valence-electron chi connectivity index (χ1n) is 4.84. The molecule has 0 radical (unpaired) electrons. The van der Waals surface area contributed by atoms with E-state index in [-0.39, 0.29) is 0 Å². The molecule has 2 atom stereocenters. The van der Waals surface area contributed by atoms with Crippen LogP contribution in [-0.4, -0.2) is 47.0 Å². The molecule has 2 N–H and O–H groups in total. The number of hydrogen-bond acceptors (Lipinski definition) is 3. The van der Waals surface area contributed by atoms with E-state index in [1.165, 1.54) is 19.3 Å². The summed E-state index contributed by atoms with van der Waals surface area (Å²) < 4.78 is 0. The van der Waals surface area contributed by atoms with Crippen LogP contribution in [0.15, 0.2) is 0 Å². The number of nitrogens with zero attached hydrogens (tertiary/aromatic N) is 1. The molecule has 0 aromatic carbocycles. The number of likely N-dealkylation sites (tertiary alicyclic amines) is 1. The predicted molar refractivity (Wildman–Crippen MR) is 45.8 cm³/mol. The molecule has 2 aliphatic rings. The second kappa shape index (κ2) is 3.32. The van der Waals surface area contributed by atoms with Crippen molar-refractivity contribution in [1.29, 1.82) is 0 Å². The van der Waals surface area contributed by atoms with Crippen LogP contribution in [0.2, 0.25) is 0 Å². The van der Waals surface area contributed by atoms with Crippen LogP contribution in [0.5, 0.6) is 0 Å². The molecule has 0 aromatic heterocycles. The van der Waals surface area contributed by atoms with E-state index in [0.29, 0.717) is 13.1 Å². The van der Waals surface area contributed by atoms with Crippen molar-refractivity contribution in [2.45, 2.75) is 31.5 Å². The second-order valence-corrected chi connectivity index (χ2v) is 4.13. The Labute approximate surface area is 73.0 Å². The summed E-state index contributed by atoms with van der Waals surface area (Å²) in [6.45, 7) is 2.38. The molecule has 1 aliphatic carbocycles. The molecule has 0 amide bonds. The summed E-state index contributed by atoms with van der Waals surface area (Å²) in [6.07, 6.45) is 3.01. The smallest absolute Gasteiger partial charge is 0.0938 e. The fourth-order valence-corrected chi connectivity index (χ4v) is 1.80. The fraction of sp³-hybridized carbons (Fsp3) is 1.00. The van der Waals surface area contributed by atoms with E-state index in [0.717, 1.165) is 12.5 Å². The van der Waals surface area contributed by atoms with Gasteiger partial charge < -0.3 is 10.2 Å². The van der Waals surface area contributed by atoms with Gasteiger partial charge in [-0.1, -0.05) is 12.8 Å². The van der Waals surface area contributed by atoms with Gasteiger partial charge in [-0.25, -0.2) is 0 Å². The molecule has 0 aromatic rings. The fourth-order valence-electron chi connectivity index (χ4n) is 1.80. The summed E-state index contributed by atoms with van der Waals surface area (Å²) in [7, 11) is 0. The average Bonchev–Trinajstić information content (AvgIpc) is 2.78. The molecule has 0 spiro atoms. The lowest BCUT2D eigenvalue weighted by atomic mass is 10.3. The maximum Gasteiger partial charge on any atom is 0.0938 e. The molecule has 1 heterocycles. The van der Waals surface area contributed by atoms with Crippen molar-refractivity contribution in [1.82, 2.24) is 4.90 Å². The van der Waals surface area contributed by atoms with Gasteiger partial charge in [0, 0.05) is 13.1 Å². The van der Waals surface area contributed by atoms with Crippen LogP contribution in [0, 0.1) is 5.92 Å². The molecule has 1 aliphatic heterocycles. The first kappa shape index (κ1) is 8.48. The normalized spacial score (nSPS) is 37.5. The Balaban J connectivity index is 1.67. The Hall–Kier alpha value is -0.120. The van der Waals surface area contributed by atoms with Gasteiger partial charge in [0.2, 0.25) is 0 Å². The maximum atomic E-state index is 9.26. The topological polar surface area (TPSA) is 43.7 Å². The van der Waals surface area contributed by atoms with Gasteiger partial charge in [-0.3, -0.25) is 4.90 Å². The summed E-state index contributed by atoms with van der Waals surface area (Å²) >= 11 is 0. The zero-order valence-corrected chi connectivity index (χ0v) is 7.32. The Kier molecular flexibility index (Phi) is 2.35.